The number of aryl methyl sites for hydroxylation is 1. The Morgan fingerprint density at radius 3 is 2.67 bits per heavy atom. The van der Waals surface area contributed by atoms with Crippen molar-refractivity contribution in [2.24, 2.45) is 7.05 Å². The van der Waals surface area contributed by atoms with Gasteiger partial charge in [-0.05, 0) is 45.7 Å². The quantitative estimate of drug-likeness (QED) is 0.809. The number of nitrogens with zero attached hydrogens (tertiary/aromatic N) is 2. The van der Waals surface area contributed by atoms with Gasteiger partial charge in [0.25, 0.3) is 0 Å². The van der Waals surface area contributed by atoms with Crippen molar-refractivity contribution in [1.82, 2.24) is 15.1 Å². The molecule has 1 rings (SSSR count). The molecule has 0 aliphatic carbocycles. The van der Waals surface area contributed by atoms with Gasteiger partial charge in [-0.2, -0.15) is 5.10 Å². The molecule has 4 nitrogen and oxygen atoms in total. The number of aromatic nitrogens is 2. The Morgan fingerprint density at radius 2 is 2.17 bits per heavy atom. The highest BCUT2D eigenvalue weighted by molar-refractivity contribution is 5.06. The van der Waals surface area contributed by atoms with Crippen molar-refractivity contribution in [3.63, 3.8) is 0 Å². The monoisotopic (exact) mass is 253 g/mol. The Labute approximate surface area is 111 Å². The molecule has 0 spiro atoms. The van der Waals surface area contributed by atoms with Gasteiger partial charge in [-0.3, -0.25) is 4.68 Å². The summed E-state index contributed by atoms with van der Waals surface area (Å²) in [7, 11) is 1.95. The molecule has 1 atom stereocenters. The van der Waals surface area contributed by atoms with E-state index in [4.69, 9.17) is 4.74 Å². The van der Waals surface area contributed by atoms with Crippen molar-refractivity contribution in [3.8, 4) is 0 Å². The minimum absolute atomic E-state index is 0.0823. The molecule has 0 aliphatic rings. The van der Waals surface area contributed by atoms with Crippen LogP contribution in [0.1, 0.15) is 39.7 Å². The molecule has 0 aliphatic heterocycles. The lowest BCUT2D eigenvalue weighted by molar-refractivity contribution is -0.0143. The summed E-state index contributed by atoms with van der Waals surface area (Å²) in [6.45, 7) is 10.2. The standard InChI is InChI=1S/C14H27N3O/c1-6-7-15-13(11-18-14(2,3)4)8-12-9-16-17(5)10-12/h9-10,13,15H,6-8,11H2,1-5H3. The van der Waals surface area contributed by atoms with Gasteiger partial charge in [0.2, 0.25) is 0 Å². The van der Waals surface area contributed by atoms with Crippen molar-refractivity contribution >= 4 is 0 Å². The van der Waals surface area contributed by atoms with Crippen LogP contribution in [0.4, 0.5) is 0 Å². The van der Waals surface area contributed by atoms with Gasteiger partial charge in [-0.1, -0.05) is 6.92 Å². The molecule has 0 fully saturated rings. The van der Waals surface area contributed by atoms with Gasteiger partial charge < -0.3 is 10.1 Å². The van der Waals surface area contributed by atoms with E-state index in [1.54, 1.807) is 0 Å². The summed E-state index contributed by atoms with van der Waals surface area (Å²) in [5.74, 6) is 0. The first-order valence-corrected chi connectivity index (χ1v) is 6.75. The molecule has 0 amide bonds. The number of nitrogens with one attached hydrogen (secondary N) is 1. The van der Waals surface area contributed by atoms with E-state index in [0.717, 1.165) is 26.0 Å². The van der Waals surface area contributed by atoms with Crippen LogP contribution in [0.25, 0.3) is 0 Å². The second-order valence-corrected chi connectivity index (χ2v) is 5.80. The Balaban J connectivity index is 2.49. The first-order chi connectivity index (χ1) is 8.40. The molecule has 0 saturated carbocycles. The van der Waals surface area contributed by atoms with E-state index in [1.165, 1.54) is 5.56 Å². The maximum absolute atomic E-state index is 5.88. The summed E-state index contributed by atoms with van der Waals surface area (Å²) in [6, 6.07) is 0.355. The van der Waals surface area contributed by atoms with Crippen LogP contribution < -0.4 is 5.32 Å². The average Bonchev–Trinajstić information content (AvgIpc) is 2.67. The molecule has 0 radical (unpaired) electrons. The summed E-state index contributed by atoms with van der Waals surface area (Å²) in [5.41, 5.74) is 1.17. The van der Waals surface area contributed by atoms with Gasteiger partial charge in [0.05, 0.1) is 18.4 Å². The van der Waals surface area contributed by atoms with Crippen LogP contribution in [-0.2, 0) is 18.2 Å². The number of ether oxygens (including phenoxy) is 1. The summed E-state index contributed by atoms with van der Waals surface area (Å²) in [5, 5.41) is 7.74. The lowest BCUT2D eigenvalue weighted by Gasteiger charge is -2.25. The molecule has 1 unspecified atom stereocenters. The van der Waals surface area contributed by atoms with E-state index >= 15 is 0 Å². The van der Waals surface area contributed by atoms with E-state index in [1.807, 2.05) is 17.9 Å². The minimum atomic E-state index is -0.0823. The summed E-state index contributed by atoms with van der Waals surface area (Å²) < 4.78 is 7.72. The molecule has 0 aromatic carbocycles. The first kappa shape index (κ1) is 15.2. The van der Waals surface area contributed by atoms with Crippen LogP contribution in [0.2, 0.25) is 0 Å². The molecule has 1 heterocycles. The lowest BCUT2D eigenvalue weighted by Crippen LogP contribution is -2.38. The molecule has 1 aromatic rings. The number of rotatable bonds is 7. The second kappa shape index (κ2) is 6.90. The summed E-state index contributed by atoms with van der Waals surface area (Å²) in [4.78, 5) is 0. The predicted molar refractivity (Wildman–Crippen MR) is 74.7 cm³/mol. The first-order valence-electron chi connectivity index (χ1n) is 6.75. The van der Waals surface area contributed by atoms with E-state index in [9.17, 15) is 0 Å². The largest absolute Gasteiger partial charge is 0.374 e. The van der Waals surface area contributed by atoms with E-state index in [2.05, 4.69) is 44.3 Å². The van der Waals surface area contributed by atoms with E-state index in [0.29, 0.717) is 6.04 Å². The average molecular weight is 253 g/mol. The van der Waals surface area contributed by atoms with Crippen molar-refractivity contribution in [1.29, 1.82) is 0 Å². The summed E-state index contributed by atoms with van der Waals surface area (Å²) in [6.07, 6.45) is 6.10. The van der Waals surface area contributed by atoms with Crippen molar-refractivity contribution in [2.45, 2.75) is 52.2 Å². The minimum Gasteiger partial charge on any atom is -0.374 e. The number of hydrogen-bond acceptors (Lipinski definition) is 3. The Kier molecular flexibility index (Phi) is 5.82. The highest BCUT2D eigenvalue weighted by Crippen LogP contribution is 2.09. The molecule has 104 valence electrons. The predicted octanol–water partition coefficient (Wildman–Crippen LogP) is 2.15. The molecule has 1 N–H and O–H groups in total. The number of hydrogen-bond donors (Lipinski definition) is 1. The third-order valence-corrected chi connectivity index (χ3v) is 2.64. The van der Waals surface area contributed by atoms with Crippen molar-refractivity contribution < 1.29 is 4.74 Å². The van der Waals surface area contributed by atoms with Crippen molar-refractivity contribution in [3.05, 3.63) is 18.0 Å². The second-order valence-electron chi connectivity index (χ2n) is 5.80. The molecule has 4 heteroatoms. The van der Waals surface area contributed by atoms with Crippen LogP contribution in [0.3, 0.4) is 0 Å². The fourth-order valence-corrected chi connectivity index (χ4v) is 1.75. The zero-order chi connectivity index (χ0) is 13.6. The highest BCUT2D eigenvalue weighted by Gasteiger charge is 2.16. The zero-order valence-electron chi connectivity index (χ0n) is 12.4. The molecule has 0 bridgehead atoms. The maximum atomic E-state index is 5.88. The molecule has 0 saturated heterocycles. The fraction of sp³-hybridized carbons (Fsp3) is 0.786. The van der Waals surface area contributed by atoms with Gasteiger partial charge >= 0.3 is 0 Å². The zero-order valence-corrected chi connectivity index (χ0v) is 12.4. The van der Waals surface area contributed by atoms with Crippen LogP contribution >= 0.6 is 0 Å². The molecule has 1 aromatic heterocycles. The third-order valence-electron chi connectivity index (χ3n) is 2.64. The normalized spacial score (nSPS) is 13.8. The Hall–Kier alpha value is -0.870. The lowest BCUT2D eigenvalue weighted by atomic mass is 10.1. The van der Waals surface area contributed by atoms with Crippen LogP contribution in [0.5, 0.6) is 0 Å². The SMILES string of the molecule is CCCNC(COC(C)(C)C)Cc1cnn(C)c1. The van der Waals surface area contributed by atoms with Gasteiger partial charge in [-0.15, -0.1) is 0 Å². The van der Waals surface area contributed by atoms with E-state index < -0.39 is 0 Å². The summed E-state index contributed by atoms with van der Waals surface area (Å²) >= 11 is 0. The Bertz CT molecular complexity index is 341. The molecular formula is C14H27N3O. The molecular weight excluding hydrogens is 226 g/mol. The van der Waals surface area contributed by atoms with Crippen LogP contribution in [-0.4, -0.2) is 34.6 Å². The van der Waals surface area contributed by atoms with Crippen molar-refractivity contribution in [2.75, 3.05) is 13.2 Å². The van der Waals surface area contributed by atoms with E-state index in [-0.39, 0.29) is 5.60 Å². The maximum Gasteiger partial charge on any atom is 0.0630 e. The van der Waals surface area contributed by atoms with Gasteiger partial charge in [-0.25, -0.2) is 0 Å². The fourth-order valence-electron chi connectivity index (χ4n) is 1.75. The Morgan fingerprint density at radius 1 is 1.44 bits per heavy atom. The highest BCUT2D eigenvalue weighted by atomic mass is 16.5. The van der Waals surface area contributed by atoms with Crippen LogP contribution in [0.15, 0.2) is 12.4 Å². The molecule has 18 heavy (non-hydrogen) atoms. The van der Waals surface area contributed by atoms with Gasteiger partial charge in [0.15, 0.2) is 0 Å². The smallest absolute Gasteiger partial charge is 0.0630 e. The van der Waals surface area contributed by atoms with Gasteiger partial charge in [0, 0.05) is 19.3 Å². The topological polar surface area (TPSA) is 39.1 Å². The van der Waals surface area contributed by atoms with Crippen LogP contribution in [0, 0.1) is 0 Å². The van der Waals surface area contributed by atoms with Gasteiger partial charge in [0.1, 0.15) is 0 Å². The third kappa shape index (κ3) is 6.17.